The van der Waals surface area contributed by atoms with Crippen molar-refractivity contribution < 1.29 is 14.3 Å². The van der Waals surface area contributed by atoms with Gasteiger partial charge in [0.2, 0.25) is 0 Å². The van der Waals surface area contributed by atoms with Gasteiger partial charge in [0.05, 0.1) is 6.61 Å². The van der Waals surface area contributed by atoms with E-state index >= 15 is 0 Å². The van der Waals surface area contributed by atoms with Crippen molar-refractivity contribution in [3.63, 3.8) is 0 Å². The maximum atomic E-state index is 11.9. The summed E-state index contributed by atoms with van der Waals surface area (Å²) in [6, 6.07) is 6.06. The second-order valence-corrected chi connectivity index (χ2v) is 5.51. The number of benzene rings is 1. The summed E-state index contributed by atoms with van der Waals surface area (Å²) in [6.07, 6.45) is 4.20. The lowest BCUT2D eigenvalue weighted by Gasteiger charge is -2.24. The zero-order valence-electron chi connectivity index (χ0n) is 12.9. The van der Waals surface area contributed by atoms with E-state index in [1.54, 1.807) is 6.92 Å². The lowest BCUT2D eigenvalue weighted by atomic mass is 9.88. The van der Waals surface area contributed by atoms with Gasteiger partial charge in [0.15, 0.2) is 6.10 Å². The van der Waals surface area contributed by atoms with Crippen molar-refractivity contribution in [3.8, 4) is 5.75 Å². The molecule has 4 heteroatoms. The molecule has 0 aromatic heterocycles. The molecular weight excluding hydrogens is 266 g/mol. The molecule has 116 valence electrons. The highest BCUT2D eigenvalue weighted by molar-refractivity contribution is 5.75. The van der Waals surface area contributed by atoms with Gasteiger partial charge in [0.1, 0.15) is 5.75 Å². The summed E-state index contributed by atoms with van der Waals surface area (Å²) in [6.45, 7) is 4.20. The molecule has 1 unspecified atom stereocenters. The summed E-state index contributed by atoms with van der Waals surface area (Å²) in [5.74, 6) is 0.416. The van der Waals surface area contributed by atoms with E-state index in [9.17, 15) is 4.79 Å². The molecule has 0 heterocycles. The van der Waals surface area contributed by atoms with E-state index in [0.717, 1.165) is 31.2 Å². The highest BCUT2D eigenvalue weighted by Gasteiger charge is 2.22. The summed E-state index contributed by atoms with van der Waals surface area (Å²) < 4.78 is 10.9. The molecule has 0 aliphatic heterocycles. The van der Waals surface area contributed by atoms with Crippen LogP contribution in [0.1, 0.15) is 56.7 Å². The van der Waals surface area contributed by atoms with E-state index in [0.29, 0.717) is 18.8 Å². The van der Waals surface area contributed by atoms with Crippen LogP contribution in [-0.2, 0) is 16.0 Å². The van der Waals surface area contributed by atoms with Gasteiger partial charge in [-0.1, -0.05) is 19.4 Å². The Bertz CT molecular complexity index is 487. The van der Waals surface area contributed by atoms with Gasteiger partial charge in [0.25, 0.3) is 0 Å². The maximum Gasteiger partial charge on any atom is 0.347 e. The molecule has 0 fully saturated rings. The average Bonchev–Trinajstić information content (AvgIpc) is 2.48. The number of fused-ring (bicyclic) bond motifs is 1. The number of hydrogen-bond donors (Lipinski definition) is 1. The largest absolute Gasteiger partial charge is 0.479 e. The minimum atomic E-state index is -0.534. The summed E-state index contributed by atoms with van der Waals surface area (Å²) >= 11 is 0. The Morgan fingerprint density at radius 2 is 2.24 bits per heavy atom. The van der Waals surface area contributed by atoms with Gasteiger partial charge in [-0.15, -0.1) is 0 Å². The quantitative estimate of drug-likeness (QED) is 0.818. The summed E-state index contributed by atoms with van der Waals surface area (Å²) in [7, 11) is 0. The molecule has 1 aromatic rings. The van der Waals surface area contributed by atoms with Crippen LogP contribution < -0.4 is 10.5 Å². The molecule has 21 heavy (non-hydrogen) atoms. The van der Waals surface area contributed by atoms with Gasteiger partial charge in [-0.05, 0) is 55.9 Å². The van der Waals surface area contributed by atoms with Gasteiger partial charge in [-0.25, -0.2) is 4.79 Å². The lowest BCUT2D eigenvalue weighted by molar-refractivity contribution is -0.151. The first-order valence-corrected chi connectivity index (χ1v) is 7.87. The van der Waals surface area contributed by atoms with Gasteiger partial charge in [-0.2, -0.15) is 0 Å². The van der Waals surface area contributed by atoms with Crippen LogP contribution in [0.5, 0.6) is 5.75 Å². The third-order valence-corrected chi connectivity index (χ3v) is 3.86. The molecule has 1 aliphatic rings. The van der Waals surface area contributed by atoms with Crippen LogP contribution in [0.3, 0.4) is 0 Å². The molecule has 2 atom stereocenters. The second kappa shape index (κ2) is 7.46. The summed E-state index contributed by atoms with van der Waals surface area (Å²) in [5.41, 5.74) is 8.61. The highest BCUT2D eigenvalue weighted by Crippen LogP contribution is 2.31. The van der Waals surface area contributed by atoms with Crippen LogP contribution in [0.15, 0.2) is 18.2 Å². The Kier molecular flexibility index (Phi) is 5.62. The molecule has 0 saturated carbocycles. The minimum absolute atomic E-state index is 0.0736. The van der Waals surface area contributed by atoms with Crippen molar-refractivity contribution in [2.24, 2.45) is 5.73 Å². The van der Waals surface area contributed by atoms with Crippen LogP contribution in [0.4, 0.5) is 0 Å². The van der Waals surface area contributed by atoms with Crippen LogP contribution in [-0.4, -0.2) is 18.7 Å². The fourth-order valence-corrected chi connectivity index (χ4v) is 2.77. The van der Waals surface area contributed by atoms with Gasteiger partial charge < -0.3 is 15.2 Å². The van der Waals surface area contributed by atoms with Gasteiger partial charge >= 0.3 is 5.97 Å². The van der Waals surface area contributed by atoms with E-state index in [4.69, 9.17) is 15.2 Å². The van der Waals surface area contributed by atoms with Crippen molar-refractivity contribution in [3.05, 3.63) is 29.3 Å². The molecule has 1 aromatic carbocycles. The number of rotatable bonds is 6. The summed E-state index contributed by atoms with van der Waals surface area (Å²) in [5, 5.41) is 0. The molecule has 1 aliphatic carbocycles. The van der Waals surface area contributed by atoms with Crippen LogP contribution in [0, 0.1) is 0 Å². The number of carbonyl (C=O) groups excluding carboxylic acids is 1. The molecular formula is C17H25NO3. The molecule has 0 radical (unpaired) electrons. The van der Waals surface area contributed by atoms with E-state index < -0.39 is 6.10 Å². The molecule has 0 amide bonds. The smallest absolute Gasteiger partial charge is 0.347 e. The molecule has 2 rings (SSSR count). The summed E-state index contributed by atoms with van der Waals surface area (Å²) in [4.78, 5) is 11.9. The van der Waals surface area contributed by atoms with Crippen molar-refractivity contribution in [2.45, 2.75) is 58.1 Å². The number of aryl methyl sites for hydroxylation is 1. The molecule has 4 nitrogen and oxygen atoms in total. The molecule has 0 bridgehead atoms. The first kappa shape index (κ1) is 15.8. The predicted octanol–water partition coefficient (Wildman–Crippen LogP) is 3.13. The Morgan fingerprint density at radius 3 is 2.95 bits per heavy atom. The number of ether oxygens (including phenoxy) is 2. The SMILES string of the molecule is CCCC(Oc1ccc2c(c1)[C@H](N)CCC2)C(=O)OCC. The number of carbonyl (C=O) groups is 1. The first-order valence-electron chi connectivity index (χ1n) is 7.87. The minimum Gasteiger partial charge on any atom is -0.479 e. The standard InChI is InChI=1S/C17H25NO3/c1-3-6-16(17(19)20-4-2)21-13-10-9-12-7-5-8-15(18)14(12)11-13/h9-11,15-16H,3-8,18H2,1-2H3/t15-,16?/m1/s1. The Labute approximate surface area is 126 Å². The second-order valence-electron chi connectivity index (χ2n) is 5.51. The van der Waals surface area contributed by atoms with E-state index in [-0.39, 0.29) is 12.0 Å². The van der Waals surface area contributed by atoms with Crippen LogP contribution in [0.25, 0.3) is 0 Å². The van der Waals surface area contributed by atoms with Crippen molar-refractivity contribution >= 4 is 5.97 Å². The maximum absolute atomic E-state index is 11.9. The van der Waals surface area contributed by atoms with Crippen LogP contribution >= 0.6 is 0 Å². The van der Waals surface area contributed by atoms with E-state index in [2.05, 4.69) is 6.07 Å². The molecule has 0 saturated heterocycles. The fourth-order valence-electron chi connectivity index (χ4n) is 2.77. The zero-order valence-corrected chi connectivity index (χ0v) is 12.9. The number of esters is 1. The average molecular weight is 291 g/mol. The third kappa shape index (κ3) is 3.97. The molecule has 0 spiro atoms. The van der Waals surface area contributed by atoms with E-state index in [1.165, 1.54) is 5.56 Å². The van der Waals surface area contributed by atoms with Gasteiger partial charge in [0, 0.05) is 6.04 Å². The third-order valence-electron chi connectivity index (χ3n) is 3.86. The molecule has 2 N–H and O–H groups in total. The van der Waals surface area contributed by atoms with Crippen molar-refractivity contribution in [2.75, 3.05) is 6.61 Å². The number of nitrogens with two attached hydrogens (primary N) is 1. The number of hydrogen-bond acceptors (Lipinski definition) is 4. The monoisotopic (exact) mass is 291 g/mol. The fraction of sp³-hybridized carbons (Fsp3) is 0.588. The Balaban J connectivity index is 2.13. The van der Waals surface area contributed by atoms with E-state index in [1.807, 2.05) is 19.1 Å². The Hall–Kier alpha value is -1.55. The normalized spacial score (nSPS) is 18.7. The Morgan fingerprint density at radius 1 is 1.43 bits per heavy atom. The zero-order chi connectivity index (χ0) is 15.2. The lowest BCUT2D eigenvalue weighted by Crippen LogP contribution is -2.29. The topological polar surface area (TPSA) is 61.5 Å². The van der Waals surface area contributed by atoms with Gasteiger partial charge in [-0.3, -0.25) is 0 Å². The van der Waals surface area contributed by atoms with Crippen molar-refractivity contribution in [1.82, 2.24) is 0 Å². The first-order chi connectivity index (χ1) is 10.2. The van der Waals surface area contributed by atoms with Crippen LogP contribution in [0.2, 0.25) is 0 Å². The highest BCUT2D eigenvalue weighted by atomic mass is 16.6. The van der Waals surface area contributed by atoms with Crippen molar-refractivity contribution in [1.29, 1.82) is 0 Å². The predicted molar refractivity (Wildman–Crippen MR) is 82.3 cm³/mol.